The molecule has 28 heavy (non-hydrogen) atoms. The van der Waals surface area contributed by atoms with E-state index in [1.807, 2.05) is 24.3 Å². The minimum Gasteiger partial charge on any atom is -0.362 e. The van der Waals surface area contributed by atoms with Gasteiger partial charge >= 0.3 is 0 Å². The largest absolute Gasteiger partial charge is 0.362 e. The van der Waals surface area contributed by atoms with Crippen LogP contribution in [0.25, 0.3) is 0 Å². The van der Waals surface area contributed by atoms with Gasteiger partial charge in [-0.25, -0.2) is 4.39 Å². The summed E-state index contributed by atoms with van der Waals surface area (Å²) >= 11 is 12.9. The highest BCUT2D eigenvalue weighted by atomic mass is 35.5. The van der Waals surface area contributed by atoms with Crippen LogP contribution in [-0.4, -0.2) is 29.9 Å². The van der Waals surface area contributed by atoms with Gasteiger partial charge in [0.25, 0.3) is 0 Å². The zero-order valence-electron chi connectivity index (χ0n) is 15.2. The minimum atomic E-state index is -0.274. The van der Waals surface area contributed by atoms with Gasteiger partial charge in [-0.15, -0.1) is 0 Å². The normalized spacial score (nSPS) is 13.6. The lowest BCUT2D eigenvalue weighted by molar-refractivity contribution is -0.117. The van der Waals surface area contributed by atoms with Crippen molar-refractivity contribution in [3.63, 3.8) is 0 Å². The highest BCUT2D eigenvalue weighted by molar-refractivity contribution is 7.98. The highest BCUT2D eigenvalue weighted by Gasteiger charge is 2.21. The first-order valence-electron chi connectivity index (χ1n) is 9.00. The molecule has 1 aliphatic rings. The molecule has 2 N–H and O–H groups in total. The zero-order valence-corrected chi connectivity index (χ0v) is 17.6. The lowest BCUT2D eigenvalue weighted by Gasteiger charge is -2.16. The molecular weight excluding hydrogens is 417 g/mol. The standard InChI is InChI=1S/C20H21ClFN3OS2/c21-17-3-1-4-18(22)16(17)13-28-12-10-23-20(27)24-14-6-8-15(9-7-14)25-11-2-5-19(25)26/h1,3-4,6-9H,2,5,10-13H2,(H2,23,24,27). The number of thioether (sulfide) groups is 1. The number of carbonyl (C=O) groups excluding carboxylic acids is 1. The topological polar surface area (TPSA) is 44.4 Å². The molecule has 0 bridgehead atoms. The van der Waals surface area contributed by atoms with Crippen molar-refractivity contribution in [3.8, 4) is 0 Å². The number of hydrogen-bond acceptors (Lipinski definition) is 3. The molecule has 1 fully saturated rings. The van der Waals surface area contributed by atoms with Gasteiger partial charge in [-0.1, -0.05) is 17.7 Å². The summed E-state index contributed by atoms with van der Waals surface area (Å²) in [6, 6.07) is 12.4. The van der Waals surface area contributed by atoms with Crippen LogP contribution < -0.4 is 15.5 Å². The lowest BCUT2D eigenvalue weighted by atomic mass is 10.2. The van der Waals surface area contributed by atoms with Crippen LogP contribution in [0.5, 0.6) is 0 Å². The number of rotatable bonds is 7. The van der Waals surface area contributed by atoms with Crippen molar-refractivity contribution in [2.75, 3.05) is 29.1 Å². The molecule has 1 aliphatic heterocycles. The first-order valence-corrected chi connectivity index (χ1v) is 10.9. The third-order valence-corrected chi connectivity index (χ3v) is 5.94. The van der Waals surface area contributed by atoms with Crippen molar-refractivity contribution in [2.24, 2.45) is 0 Å². The summed E-state index contributed by atoms with van der Waals surface area (Å²) < 4.78 is 13.7. The van der Waals surface area contributed by atoms with Crippen molar-refractivity contribution >= 4 is 58.0 Å². The van der Waals surface area contributed by atoms with Crippen LogP contribution in [0.1, 0.15) is 18.4 Å². The Morgan fingerprint density at radius 3 is 2.71 bits per heavy atom. The Labute approximate surface area is 178 Å². The quantitative estimate of drug-likeness (QED) is 0.480. The molecule has 1 heterocycles. The van der Waals surface area contributed by atoms with Crippen LogP contribution >= 0.6 is 35.6 Å². The van der Waals surface area contributed by atoms with Gasteiger partial charge in [0.1, 0.15) is 5.82 Å². The SMILES string of the molecule is O=C1CCCN1c1ccc(NC(=S)NCCSCc2c(F)cccc2Cl)cc1. The summed E-state index contributed by atoms with van der Waals surface area (Å²) in [5.41, 5.74) is 2.31. The summed E-state index contributed by atoms with van der Waals surface area (Å²) in [7, 11) is 0. The molecule has 1 saturated heterocycles. The number of thiocarbonyl (C=S) groups is 1. The Morgan fingerprint density at radius 2 is 2.04 bits per heavy atom. The molecule has 148 valence electrons. The molecule has 1 amide bonds. The monoisotopic (exact) mass is 437 g/mol. The van der Waals surface area contributed by atoms with Crippen LogP contribution in [0.4, 0.5) is 15.8 Å². The average molecular weight is 438 g/mol. The second-order valence-corrected chi connectivity index (χ2v) is 8.25. The van der Waals surface area contributed by atoms with E-state index in [2.05, 4.69) is 10.6 Å². The number of hydrogen-bond donors (Lipinski definition) is 2. The van der Waals surface area contributed by atoms with Crippen LogP contribution in [0.2, 0.25) is 5.02 Å². The fourth-order valence-electron chi connectivity index (χ4n) is 2.90. The van der Waals surface area contributed by atoms with Crippen molar-refractivity contribution in [1.29, 1.82) is 0 Å². The van der Waals surface area contributed by atoms with Crippen molar-refractivity contribution < 1.29 is 9.18 Å². The molecule has 2 aromatic carbocycles. The van der Waals surface area contributed by atoms with Gasteiger partial charge in [0, 0.05) is 53.0 Å². The average Bonchev–Trinajstić information content (AvgIpc) is 3.10. The molecule has 0 radical (unpaired) electrons. The molecule has 2 aromatic rings. The van der Waals surface area contributed by atoms with Crippen LogP contribution in [-0.2, 0) is 10.5 Å². The van der Waals surface area contributed by atoms with Crippen molar-refractivity contribution in [2.45, 2.75) is 18.6 Å². The molecule has 8 heteroatoms. The summed E-state index contributed by atoms with van der Waals surface area (Å²) in [5.74, 6) is 1.18. The second kappa shape index (κ2) is 10.1. The first-order chi connectivity index (χ1) is 13.5. The van der Waals surface area contributed by atoms with E-state index in [-0.39, 0.29) is 11.7 Å². The van der Waals surface area contributed by atoms with Gasteiger partial charge in [0.05, 0.1) is 0 Å². The number of amides is 1. The predicted octanol–water partition coefficient (Wildman–Crippen LogP) is 4.83. The Bertz CT molecular complexity index is 828. The molecule has 0 spiro atoms. The molecule has 0 aliphatic carbocycles. The van der Waals surface area contributed by atoms with E-state index in [0.717, 1.165) is 30.1 Å². The second-order valence-electron chi connectivity index (χ2n) is 6.33. The number of anilines is 2. The van der Waals surface area contributed by atoms with Crippen LogP contribution in [0.15, 0.2) is 42.5 Å². The Kier molecular flexibility index (Phi) is 7.53. The number of halogens is 2. The van der Waals surface area contributed by atoms with Gasteiger partial charge < -0.3 is 15.5 Å². The minimum absolute atomic E-state index is 0.173. The van der Waals surface area contributed by atoms with E-state index < -0.39 is 0 Å². The zero-order chi connectivity index (χ0) is 19.9. The Balaban J connectivity index is 1.38. The van der Waals surface area contributed by atoms with Crippen LogP contribution in [0, 0.1) is 5.82 Å². The lowest BCUT2D eigenvalue weighted by Crippen LogP contribution is -2.30. The van der Waals surface area contributed by atoms with E-state index in [4.69, 9.17) is 23.8 Å². The Morgan fingerprint density at radius 1 is 1.25 bits per heavy atom. The fourth-order valence-corrected chi connectivity index (χ4v) is 4.32. The molecule has 0 aromatic heterocycles. The van der Waals surface area contributed by atoms with Gasteiger partial charge in [0.15, 0.2) is 5.11 Å². The van der Waals surface area contributed by atoms with E-state index >= 15 is 0 Å². The van der Waals surface area contributed by atoms with E-state index in [1.165, 1.54) is 6.07 Å². The number of carbonyl (C=O) groups is 1. The van der Waals surface area contributed by atoms with Crippen LogP contribution in [0.3, 0.4) is 0 Å². The Hall–Kier alpha value is -1.83. The number of nitrogens with zero attached hydrogens (tertiary/aromatic N) is 1. The summed E-state index contributed by atoms with van der Waals surface area (Å²) in [6.07, 6.45) is 1.53. The summed E-state index contributed by atoms with van der Waals surface area (Å²) in [5, 5.41) is 7.23. The van der Waals surface area contributed by atoms with Crippen molar-refractivity contribution in [3.05, 3.63) is 58.9 Å². The molecule has 4 nitrogen and oxygen atoms in total. The van der Waals surface area contributed by atoms with Gasteiger partial charge in [0.2, 0.25) is 5.91 Å². The third kappa shape index (κ3) is 5.59. The van der Waals surface area contributed by atoms with E-state index in [9.17, 15) is 9.18 Å². The maximum absolute atomic E-state index is 13.7. The maximum Gasteiger partial charge on any atom is 0.227 e. The highest BCUT2D eigenvalue weighted by Crippen LogP contribution is 2.24. The molecule has 0 atom stereocenters. The first kappa shape index (κ1) is 20.9. The smallest absolute Gasteiger partial charge is 0.227 e. The van der Waals surface area contributed by atoms with Gasteiger partial charge in [-0.2, -0.15) is 11.8 Å². The number of nitrogens with one attached hydrogen (secondary N) is 2. The van der Waals surface area contributed by atoms with Gasteiger partial charge in [-0.05, 0) is 55.0 Å². The summed E-state index contributed by atoms with van der Waals surface area (Å²) in [4.78, 5) is 13.6. The van der Waals surface area contributed by atoms with E-state index in [1.54, 1.807) is 28.8 Å². The molecule has 0 saturated carbocycles. The molecule has 3 rings (SSSR count). The fraction of sp³-hybridized carbons (Fsp3) is 0.300. The van der Waals surface area contributed by atoms with Crippen molar-refractivity contribution in [1.82, 2.24) is 5.32 Å². The molecule has 0 unspecified atom stereocenters. The maximum atomic E-state index is 13.7. The number of benzene rings is 2. The van der Waals surface area contributed by atoms with E-state index in [0.29, 0.717) is 34.4 Å². The predicted molar refractivity (Wildman–Crippen MR) is 120 cm³/mol. The third-order valence-electron chi connectivity index (χ3n) is 4.35. The van der Waals surface area contributed by atoms with Gasteiger partial charge in [-0.3, -0.25) is 4.79 Å². The summed E-state index contributed by atoms with van der Waals surface area (Å²) in [6.45, 7) is 1.43. The molecular formula is C20H21ClFN3OS2.